The first-order valence-electron chi connectivity index (χ1n) is 9.52. The van der Waals surface area contributed by atoms with E-state index in [0.29, 0.717) is 0 Å². The van der Waals surface area contributed by atoms with Crippen molar-refractivity contribution in [3.63, 3.8) is 0 Å². The standard InChI is InChI=1S/C18H18O.C4H10.C3H8.H2O/c1-4-13(2)11-16-5-6-17(12-14(16)3)15-7-9-18(19)10-8-15;1-4(2)3;1-3-2;/h5-12,19H,2-4H2,1H3;4H,1-3H3;3H2,1-2H3;1H2/b16-11-;;;. The molecule has 0 aliphatic heterocycles. The minimum Gasteiger partial charge on any atom is -0.508 e. The molecule has 0 heterocycles. The first-order valence-corrected chi connectivity index (χ1v) is 9.52. The summed E-state index contributed by atoms with van der Waals surface area (Å²) in [5.41, 5.74) is 3.27. The van der Waals surface area contributed by atoms with Gasteiger partial charge in [0.05, 0.1) is 0 Å². The lowest BCUT2D eigenvalue weighted by atomic mass is 10.0. The summed E-state index contributed by atoms with van der Waals surface area (Å²) in [5, 5.41) is 11.4. The fraction of sp³-hybridized carbons (Fsp3) is 0.360. The number of phenols is 1. The quantitative estimate of drug-likeness (QED) is 0.765. The molecule has 0 amide bonds. The maximum Gasteiger partial charge on any atom is 0.115 e. The number of hydrogen-bond donors (Lipinski definition) is 1. The third-order valence-corrected chi connectivity index (χ3v) is 3.16. The lowest BCUT2D eigenvalue weighted by molar-refractivity contribution is 0.475. The molecule has 0 radical (unpaired) electrons. The monoisotopic (exact) mass is 370 g/mol. The summed E-state index contributed by atoms with van der Waals surface area (Å²) in [6, 6.07) is 13.4. The van der Waals surface area contributed by atoms with E-state index >= 15 is 0 Å². The molecule has 0 bridgehead atoms. The molecular formula is C25H38O2. The number of rotatable bonds is 3. The van der Waals surface area contributed by atoms with Crippen LogP contribution in [-0.4, -0.2) is 10.6 Å². The Kier molecular flexibility index (Phi) is 14.8. The van der Waals surface area contributed by atoms with E-state index in [1.807, 2.05) is 12.1 Å². The van der Waals surface area contributed by atoms with Crippen molar-refractivity contribution in [1.29, 1.82) is 0 Å². The summed E-state index contributed by atoms with van der Waals surface area (Å²) < 4.78 is 0. The summed E-state index contributed by atoms with van der Waals surface area (Å²) >= 11 is 0. The second-order valence-electron chi connectivity index (χ2n) is 7.06. The molecule has 0 aromatic heterocycles. The highest BCUT2D eigenvalue weighted by Gasteiger charge is 1.97. The molecule has 0 atom stereocenters. The van der Waals surface area contributed by atoms with Crippen LogP contribution in [-0.2, 0) is 0 Å². The second kappa shape index (κ2) is 14.8. The van der Waals surface area contributed by atoms with E-state index in [-0.39, 0.29) is 11.2 Å². The van der Waals surface area contributed by atoms with E-state index < -0.39 is 0 Å². The Morgan fingerprint density at radius 3 is 1.81 bits per heavy atom. The molecule has 0 saturated carbocycles. The van der Waals surface area contributed by atoms with Crippen molar-refractivity contribution in [2.75, 3.05) is 0 Å². The van der Waals surface area contributed by atoms with Crippen LogP contribution in [0.15, 0.2) is 54.6 Å². The number of benzene rings is 2. The van der Waals surface area contributed by atoms with Crippen molar-refractivity contribution in [3.8, 4) is 16.9 Å². The maximum atomic E-state index is 9.30. The van der Waals surface area contributed by atoms with Crippen LogP contribution in [0.2, 0.25) is 0 Å². The zero-order valence-corrected chi connectivity index (χ0v) is 18.0. The number of phenolic OH excluding ortho intramolecular Hbond substituents is 1. The number of allylic oxidation sites excluding steroid dienone is 1. The average Bonchev–Trinajstić information content (AvgIpc) is 2.57. The van der Waals surface area contributed by atoms with Crippen molar-refractivity contribution in [2.24, 2.45) is 5.92 Å². The lowest BCUT2D eigenvalue weighted by Gasteiger charge is -2.02. The Labute approximate surface area is 165 Å². The van der Waals surface area contributed by atoms with Crippen molar-refractivity contribution in [3.05, 3.63) is 65.1 Å². The van der Waals surface area contributed by atoms with Crippen LogP contribution in [0.1, 0.15) is 54.4 Å². The molecule has 2 rings (SSSR count). The highest BCUT2D eigenvalue weighted by Crippen LogP contribution is 2.19. The molecule has 0 fully saturated rings. The van der Waals surface area contributed by atoms with Crippen molar-refractivity contribution in [2.45, 2.75) is 54.4 Å². The SMILES string of the molecule is C=C(/C=c1/ccc(-c2ccc(O)cc2)cc1=C)CC.CC(C)C.CCC.O. The van der Waals surface area contributed by atoms with E-state index in [2.05, 4.69) is 79.0 Å². The summed E-state index contributed by atoms with van der Waals surface area (Å²) in [7, 11) is 0. The molecule has 150 valence electrons. The first kappa shape index (κ1) is 26.9. The summed E-state index contributed by atoms with van der Waals surface area (Å²) in [4.78, 5) is 0. The van der Waals surface area contributed by atoms with Gasteiger partial charge in [0.2, 0.25) is 0 Å². The van der Waals surface area contributed by atoms with Gasteiger partial charge in [0.1, 0.15) is 5.75 Å². The Morgan fingerprint density at radius 1 is 0.963 bits per heavy atom. The first-order chi connectivity index (χ1) is 12.2. The Balaban J connectivity index is 0. The predicted molar refractivity (Wildman–Crippen MR) is 122 cm³/mol. The smallest absolute Gasteiger partial charge is 0.115 e. The number of hydrogen-bond acceptors (Lipinski definition) is 1. The minimum atomic E-state index is 0. The van der Waals surface area contributed by atoms with Crippen molar-refractivity contribution >= 4 is 12.7 Å². The molecule has 2 heteroatoms. The fourth-order valence-corrected chi connectivity index (χ4v) is 1.90. The van der Waals surface area contributed by atoms with Crippen LogP contribution in [0.5, 0.6) is 5.75 Å². The van der Waals surface area contributed by atoms with E-state index in [0.717, 1.165) is 39.5 Å². The summed E-state index contributed by atoms with van der Waals surface area (Å²) in [6.07, 6.45) is 4.27. The van der Waals surface area contributed by atoms with Gasteiger partial charge in [0.15, 0.2) is 0 Å². The second-order valence-corrected chi connectivity index (χ2v) is 7.06. The fourth-order valence-electron chi connectivity index (χ4n) is 1.90. The van der Waals surface area contributed by atoms with Gasteiger partial charge in [-0.05, 0) is 52.1 Å². The largest absolute Gasteiger partial charge is 0.508 e. The molecular weight excluding hydrogens is 332 g/mol. The van der Waals surface area contributed by atoms with Crippen LogP contribution in [0.3, 0.4) is 0 Å². The lowest BCUT2D eigenvalue weighted by Crippen LogP contribution is -2.22. The molecule has 27 heavy (non-hydrogen) atoms. The van der Waals surface area contributed by atoms with Crippen LogP contribution < -0.4 is 10.4 Å². The van der Waals surface area contributed by atoms with Gasteiger partial charge < -0.3 is 10.6 Å². The topological polar surface area (TPSA) is 51.7 Å². The zero-order chi connectivity index (χ0) is 20.1. The van der Waals surface area contributed by atoms with Crippen molar-refractivity contribution in [1.82, 2.24) is 0 Å². The average molecular weight is 371 g/mol. The van der Waals surface area contributed by atoms with Gasteiger partial charge in [-0.3, -0.25) is 0 Å². The molecule has 0 saturated heterocycles. The molecule has 0 aliphatic rings. The van der Waals surface area contributed by atoms with Crippen LogP contribution in [0.25, 0.3) is 23.8 Å². The summed E-state index contributed by atoms with van der Waals surface area (Å²) in [5.74, 6) is 1.11. The molecule has 3 N–H and O–H groups in total. The maximum absolute atomic E-state index is 9.30. The van der Waals surface area contributed by atoms with E-state index in [1.165, 1.54) is 6.42 Å². The Hall–Kier alpha value is -2.32. The molecule has 0 spiro atoms. The highest BCUT2D eigenvalue weighted by atomic mass is 16.3. The third-order valence-electron chi connectivity index (χ3n) is 3.16. The normalized spacial score (nSPS) is 10.1. The van der Waals surface area contributed by atoms with E-state index in [1.54, 1.807) is 12.1 Å². The van der Waals surface area contributed by atoms with Gasteiger partial charge in [-0.15, -0.1) is 0 Å². The van der Waals surface area contributed by atoms with E-state index in [4.69, 9.17) is 0 Å². The zero-order valence-electron chi connectivity index (χ0n) is 18.0. The molecule has 2 aromatic rings. The number of aromatic hydroxyl groups is 1. The van der Waals surface area contributed by atoms with Gasteiger partial charge in [-0.2, -0.15) is 0 Å². The van der Waals surface area contributed by atoms with Gasteiger partial charge in [0, 0.05) is 0 Å². The molecule has 2 aromatic carbocycles. The molecule has 2 nitrogen and oxygen atoms in total. The van der Waals surface area contributed by atoms with Gasteiger partial charge in [0.25, 0.3) is 0 Å². The van der Waals surface area contributed by atoms with Gasteiger partial charge >= 0.3 is 0 Å². The molecule has 0 unspecified atom stereocenters. The Morgan fingerprint density at radius 2 is 1.41 bits per heavy atom. The molecule has 0 aliphatic carbocycles. The Bertz CT molecular complexity index is 753. The third kappa shape index (κ3) is 11.8. The van der Waals surface area contributed by atoms with Crippen molar-refractivity contribution < 1.29 is 10.6 Å². The van der Waals surface area contributed by atoms with Gasteiger partial charge in [-0.25, -0.2) is 0 Å². The highest BCUT2D eigenvalue weighted by molar-refractivity contribution is 5.64. The predicted octanol–water partition coefficient (Wildman–Crippen LogP) is 5.47. The minimum absolute atomic E-state index is 0. The van der Waals surface area contributed by atoms with E-state index in [9.17, 15) is 5.11 Å². The van der Waals surface area contributed by atoms with Crippen LogP contribution >= 0.6 is 0 Å². The summed E-state index contributed by atoms with van der Waals surface area (Å²) in [6.45, 7) is 20.9. The van der Waals surface area contributed by atoms with Crippen LogP contribution in [0.4, 0.5) is 0 Å². The van der Waals surface area contributed by atoms with Gasteiger partial charge in [-0.1, -0.05) is 97.0 Å². The van der Waals surface area contributed by atoms with Crippen LogP contribution in [0, 0.1) is 5.92 Å².